The second-order valence-corrected chi connectivity index (χ2v) is 5.27. The summed E-state index contributed by atoms with van der Waals surface area (Å²) < 4.78 is 0. The van der Waals surface area contributed by atoms with Gasteiger partial charge in [-0.1, -0.05) is 30.4 Å². The quantitative estimate of drug-likeness (QED) is 0.621. The molecular formula is C16H14O. The predicted octanol–water partition coefficient (Wildman–Crippen LogP) is 3.42. The van der Waals surface area contributed by atoms with E-state index in [1.807, 2.05) is 0 Å². The van der Waals surface area contributed by atoms with Gasteiger partial charge in [0.2, 0.25) is 0 Å². The highest BCUT2D eigenvalue weighted by Gasteiger charge is 2.52. The summed E-state index contributed by atoms with van der Waals surface area (Å²) in [5, 5.41) is 0. The van der Waals surface area contributed by atoms with Crippen molar-refractivity contribution < 1.29 is 4.79 Å². The molecule has 2 bridgehead atoms. The molecule has 4 aliphatic carbocycles. The van der Waals surface area contributed by atoms with Gasteiger partial charge in [-0.3, -0.25) is 0 Å². The van der Waals surface area contributed by atoms with E-state index in [4.69, 9.17) is 0 Å². The molecule has 0 radical (unpaired) electrons. The lowest BCUT2D eigenvalue weighted by Crippen LogP contribution is -2.25. The van der Waals surface area contributed by atoms with Crippen LogP contribution >= 0.6 is 0 Å². The summed E-state index contributed by atoms with van der Waals surface area (Å²) in [5.74, 6) is 0. The molecule has 0 aromatic rings. The van der Waals surface area contributed by atoms with E-state index < -0.39 is 0 Å². The van der Waals surface area contributed by atoms with Crippen LogP contribution in [0.3, 0.4) is 0 Å². The molecule has 1 unspecified atom stereocenters. The Morgan fingerprint density at radius 2 is 2.18 bits per heavy atom. The van der Waals surface area contributed by atoms with Crippen molar-refractivity contribution >= 4 is 6.29 Å². The minimum atomic E-state index is -0.282. The van der Waals surface area contributed by atoms with Crippen molar-refractivity contribution in [1.29, 1.82) is 0 Å². The third-order valence-corrected chi connectivity index (χ3v) is 4.58. The van der Waals surface area contributed by atoms with E-state index in [9.17, 15) is 4.79 Å². The summed E-state index contributed by atoms with van der Waals surface area (Å²) in [4.78, 5) is 11.7. The average molecular weight is 222 g/mol. The van der Waals surface area contributed by atoms with Crippen LogP contribution < -0.4 is 0 Å². The van der Waals surface area contributed by atoms with Gasteiger partial charge in [0.25, 0.3) is 0 Å². The van der Waals surface area contributed by atoms with Crippen LogP contribution in [0.4, 0.5) is 0 Å². The summed E-state index contributed by atoms with van der Waals surface area (Å²) in [5.41, 5.74) is 6.64. The van der Waals surface area contributed by atoms with Gasteiger partial charge < -0.3 is 4.79 Å². The van der Waals surface area contributed by atoms with Crippen LogP contribution in [-0.2, 0) is 4.79 Å². The van der Waals surface area contributed by atoms with Crippen molar-refractivity contribution in [2.45, 2.75) is 25.7 Å². The second-order valence-electron chi connectivity index (χ2n) is 5.27. The van der Waals surface area contributed by atoms with Crippen LogP contribution in [0.2, 0.25) is 0 Å². The normalized spacial score (nSPS) is 32.8. The van der Waals surface area contributed by atoms with Crippen molar-refractivity contribution in [3.05, 3.63) is 58.2 Å². The third kappa shape index (κ3) is 0.940. The standard InChI is InChI=1S/C16H14O/c17-10-16-9-13(11-5-1-3-7-14(11)16)12-6-2-4-8-15(12)16/h1-3,6-7,10H,4-5,8-9H2. The van der Waals surface area contributed by atoms with Crippen molar-refractivity contribution in [3.8, 4) is 0 Å². The first-order chi connectivity index (χ1) is 8.37. The largest absolute Gasteiger partial charge is 0.302 e. The van der Waals surface area contributed by atoms with Crippen molar-refractivity contribution in [2.75, 3.05) is 0 Å². The third-order valence-electron chi connectivity index (χ3n) is 4.58. The predicted molar refractivity (Wildman–Crippen MR) is 67.4 cm³/mol. The lowest BCUT2D eigenvalue weighted by atomic mass is 9.70. The fourth-order valence-electron chi connectivity index (χ4n) is 3.86. The smallest absolute Gasteiger partial charge is 0.134 e. The lowest BCUT2D eigenvalue weighted by Gasteiger charge is -2.31. The molecule has 0 saturated carbocycles. The van der Waals surface area contributed by atoms with Gasteiger partial charge in [0.15, 0.2) is 0 Å². The summed E-state index contributed by atoms with van der Waals surface area (Å²) >= 11 is 0. The number of hydrogen-bond donors (Lipinski definition) is 0. The Morgan fingerprint density at radius 1 is 1.24 bits per heavy atom. The molecule has 0 amide bonds. The molecule has 0 aliphatic heterocycles. The van der Waals surface area contributed by atoms with Crippen LogP contribution in [0.25, 0.3) is 0 Å². The van der Waals surface area contributed by atoms with Crippen LogP contribution in [0.5, 0.6) is 0 Å². The molecular weight excluding hydrogens is 208 g/mol. The maximum absolute atomic E-state index is 11.7. The van der Waals surface area contributed by atoms with Gasteiger partial charge in [-0.05, 0) is 53.5 Å². The summed E-state index contributed by atoms with van der Waals surface area (Å²) in [6, 6.07) is 0. The van der Waals surface area contributed by atoms with Crippen LogP contribution in [0.15, 0.2) is 58.2 Å². The van der Waals surface area contributed by atoms with Gasteiger partial charge >= 0.3 is 0 Å². The number of allylic oxidation sites excluding steroid dienone is 10. The Bertz CT molecular complexity index is 581. The van der Waals surface area contributed by atoms with Gasteiger partial charge in [0, 0.05) is 0 Å². The molecule has 1 atom stereocenters. The first kappa shape index (κ1) is 9.41. The van der Waals surface area contributed by atoms with E-state index in [1.54, 1.807) is 0 Å². The molecule has 0 saturated heterocycles. The number of hydrogen-bond acceptors (Lipinski definition) is 1. The molecule has 17 heavy (non-hydrogen) atoms. The molecule has 0 N–H and O–H groups in total. The zero-order valence-corrected chi connectivity index (χ0v) is 9.70. The molecule has 1 heteroatoms. The average Bonchev–Trinajstić information content (AvgIpc) is 2.92. The highest BCUT2D eigenvalue weighted by molar-refractivity contribution is 5.85. The van der Waals surface area contributed by atoms with E-state index >= 15 is 0 Å². The first-order valence-electron chi connectivity index (χ1n) is 6.33. The fourth-order valence-corrected chi connectivity index (χ4v) is 3.86. The maximum atomic E-state index is 11.7. The molecule has 1 nitrogen and oxygen atoms in total. The van der Waals surface area contributed by atoms with E-state index in [0.717, 1.165) is 25.7 Å². The molecule has 0 aromatic carbocycles. The number of carbonyl (C=O) groups excluding carboxylic acids is 1. The number of carbonyl (C=O) groups is 1. The van der Waals surface area contributed by atoms with Gasteiger partial charge in [-0.15, -0.1) is 0 Å². The van der Waals surface area contributed by atoms with Crippen molar-refractivity contribution in [1.82, 2.24) is 0 Å². The Labute approximate surface area is 101 Å². The summed E-state index contributed by atoms with van der Waals surface area (Å²) in [6.07, 6.45) is 16.2. The van der Waals surface area contributed by atoms with Gasteiger partial charge in [-0.25, -0.2) is 0 Å². The fraction of sp³-hybridized carbons (Fsp3) is 0.312. The van der Waals surface area contributed by atoms with Crippen molar-refractivity contribution in [3.63, 3.8) is 0 Å². The van der Waals surface area contributed by atoms with Crippen molar-refractivity contribution in [2.24, 2.45) is 5.41 Å². The second kappa shape index (κ2) is 2.98. The summed E-state index contributed by atoms with van der Waals surface area (Å²) in [7, 11) is 0. The highest BCUT2D eigenvalue weighted by atomic mass is 16.1. The lowest BCUT2D eigenvalue weighted by molar-refractivity contribution is -0.112. The monoisotopic (exact) mass is 222 g/mol. The Morgan fingerprint density at radius 3 is 3.06 bits per heavy atom. The molecule has 4 aliphatic rings. The van der Waals surface area contributed by atoms with E-state index in [0.29, 0.717) is 0 Å². The van der Waals surface area contributed by atoms with Crippen LogP contribution in [0.1, 0.15) is 25.7 Å². The number of fused-ring (bicyclic) bond motifs is 6. The SMILES string of the molecule is O=CC12CC(=C3CC=CC=C31)C1=C2CCC=C1. The Balaban J connectivity index is 2.03. The minimum Gasteiger partial charge on any atom is -0.302 e. The van der Waals surface area contributed by atoms with E-state index in [2.05, 4.69) is 30.4 Å². The minimum absolute atomic E-state index is 0.282. The number of aldehydes is 1. The van der Waals surface area contributed by atoms with Gasteiger partial charge in [0.1, 0.15) is 6.29 Å². The molecule has 0 spiro atoms. The Hall–Kier alpha value is -1.63. The molecule has 84 valence electrons. The Kier molecular flexibility index (Phi) is 1.65. The first-order valence-corrected chi connectivity index (χ1v) is 6.33. The number of rotatable bonds is 1. The van der Waals surface area contributed by atoms with E-state index in [1.165, 1.54) is 34.2 Å². The van der Waals surface area contributed by atoms with Crippen LogP contribution in [-0.4, -0.2) is 6.29 Å². The topological polar surface area (TPSA) is 17.1 Å². The maximum Gasteiger partial charge on any atom is 0.134 e. The summed E-state index contributed by atoms with van der Waals surface area (Å²) in [6.45, 7) is 0. The highest BCUT2D eigenvalue weighted by Crippen LogP contribution is 2.62. The van der Waals surface area contributed by atoms with Gasteiger partial charge in [-0.2, -0.15) is 0 Å². The molecule has 0 heterocycles. The zero-order chi connectivity index (χ0) is 11.5. The van der Waals surface area contributed by atoms with E-state index in [-0.39, 0.29) is 5.41 Å². The van der Waals surface area contributed by atoms with Crippen LogP contribution in [0, 0.1) is 5.41 Å². The zero-order valence-electron chi connectivity index (χ0n) is 9.70. The molecule has 4 rings (SSSR count). The molecule has 0 fully saturated rings. The van der Waals surface area contributed by atoms with Gasteiger partial charge in [0.05, 0.1) is 5.41 Å². The molecule has 0 aromatic heterocycles.